The number of carboxylic acids is 1. The minimum absolute atomic E-state index is 0.116. The summed E-state index contributed by atoms with van der Waals surface area (Å²) in [7, 11) is 0. The van der Waals surface area contributed by atoms with Crippen LogP contribution in [0.3, 0.4) is 0 Å². The molecular weight excluding hydrogens is 548 g/mol. The summed E-state index contributed by atoms with van der Waals surface area (Å²) in [6.45, 7) is 6.06. The molecule has 41 heavy (non-hydrogen) atoms. The van der Waals surface area contributed by atoms with Gasteiger partial charge in [0.25, 0.3) is 0 Å². The molecule has 0 radical (unpaired) electrons. The van der Waals surface area contributed by atoms with Crippen LogP contribution in [0.15, 0.2) is 54.6 Å². The first-order chi connectivity index (χ1) is 19.3. The van der Waals surface area contributed by atoms with Crippen LogP contribution >= 0.6 is 11.8 Å². The molecule has 0 unspecified atom stereocenters. The zero-order chi connectivity index (χ0) is 30.4. The number of thioether (sulfide) groups is 1. The first-order valence-corrected chi connectivity index (χ1v) is 14.2. The van der Waals surface area contributed by atoms with E-state index < -0.39 is 60.6 Å². The minimum Gasteiger partial charge on any atom is -0.480 e. The maximum absolute atomic E-state index is 13.4. The number of hydrogen-bond acceptors (Lipinski definition) is 7. The molecule has 0 aromatic heterocycles. The van der Waals surface area contributed by atoms with Gasteiger partial charge in [-0.2, -0.15) is 11.8 Å². The summed E-state index contributed by atoms with van der Waals surface area (Å²) in [4.78, 5) is 61.6. The second-order valence-electron chi connectivity index (χ2n) is 10.3. The lowest BCUT2D eigenvalue weighted by molar-refractivity contribution is -0.138. The van der Waals surface area contributed by atoms with Crippen LogP contribution in [0.4, 0.5) is 4.79 Å². The van der Waals surface area contributed by atoms with Gasteiger partial charge in [0.05, 0.1) is 6.54 Å². The van der Waals surface area contributed by atoms with E-state index in [-0.39, 0.29) is 12.2 Å². The monoisotopic (exact) mass is 586 g/mol. The molecule has 2 aromatic carbocycles. The average Bonchev–Trinajstić information content (AvgIpc) is 2.90. The third kappa shape index (κ3) is 13.7. The Kier molecular flexibility index (Phi) is 13.1. The van der Waals surface area contributed by atoms with E-state index in [2.05, 4.69) is 21.3 Å². The Bertz CT molecular complexity index is 1180. The van der Waals surface area contributed by atoms with Crippen molar-refractivity contribution in [2.24, 2.45) is 0 Å². The fraction of sp³-hybridized carbons (Fsp3) is 0.414. The van der Waals surface area contributed by atoms with Crippen molar-refractivity contribution < 1.29 is 33.8 Å². The van der Waals surface area contributed by atoms with Crippen molar-refractivity contribution in [1.29, 1.82) is 0 Å². The van der Waals surface area contributed by atoms with Crippen LogP contribution in [-0.2, 0) is 36.1 Å². The summed E-state index contributed by atoms with van der Waals surface area (Å²) in [5.41, 5.74) is 2.16. The van der Waals surface area contributed by atoms with Crippen LogP contribution in [0.25, 0.3) is 0 Å². The topological polar surface area (TPSA) is 163 Å². The quantitative estimate of drug-likeness (QED) is 0.225. The van der Waals surface area contributed by atoms with E-state index in [4.69, 9.17) is 9.84 Å². The van der Waals surface area contributed by atoms with E-state index in [1.165, 1.54) is 11.8 Å². The number of hydrogen-bond donors (Lipinski definition) is 5. The summed E-state index contributed by atoms with van der Waals surface area (Å²) in [5.74, 6) is -2.35. The van der Waals surface area contributed by atoms with E-state index in [0.717, 1.165) is 16.7 Å². The molecule has 2 aromatic rings. The molecule has 0 saturated heterocycles. The third-order valence-electron chi connectivity index (χ3n) is 5.46. The normalized spacial score (nSPS) is 12.4. The van der Waals surface area contributed by atoms with Crippen molar-refractivity contribution in [2.45, 2.75) is 57.6 Å². The molecule has 4 amide bonds. The van der Waals surface area contributed by atoms with Gasteiger partial charge >= 0.3 is 12.1 Å². The van der Waals surface area contributed by atoms with Crippen molar-refractivity contribution in [3.8, 4) is 0 Å². The van der Waals surface area contributed by atoms with Gasteiger partial charge in [0.15, 0.2) is 0 Å². The molecule has 2 atom stereocenters. The van der Waals surface area contributed by atoms with Gasteiger partial charge in [0, 0.05) is 17.9 Å². The average molecular weight is 587 g/mol. The number of carboxylic acid groups (broad SMARTS) is 1. The number of benzene rings is 2. The molecule has 0 aliphatic carbocycles. The van der Waals surface area contributed by atoms with Gasteiger partial charge in [-0.15, -0.1) is 0 Å². The van der Waals surface area contributed by atoms with Crippen LogP contribution in [0.5, 0.6) is 0 Å². The zero-order valence-electron chi connectivity index (χ0n) is 23.7. The Morgan fingerprint density at radius 3 is 2.10 bits per heavy atom. The molecule has 2 rings (SSSR count). The van der Waals surface area contributed by atoms with Gasteiger partial charge in [-0.05, 0) is 38.8 Å². The Balaban J connectivity index is 2.15. The summed E-state index contributed by atoms with van der Waals surface area (Å²) < 4.78 is 5.34. The summed E-state index contributed by atoms with van der Waals surface area (Å²) in [5, 5.41) is 18.6. The van der Waals surface area contributed by atoms with E-state index in [1.807, 2.05) is 37.3 Å². The highest BCUT2D eigenvalue weighted by Gasteiger charge is 2.29. The molecule has 5 N–H and O–H groups in total. The predicted molar refractivity (Wildman–Crippen MR) is 156 cm³/mol. The lowest BCUT2D eigenvalue weighted by Crippen LogP contribution is -2.56. The Labute approximate surface area is 244 Å². The summed E-state index contributed by atoms with van der Waals surface area (Å²) in [6.07, 6.45) is -0.655. The van der Waals surface area contributed by atoms with Crippen molar-refractivity contribution >= 4 is 41.5 Å². The number of amides is 4. The molecular formula is C29H38N4O7S. The van der Waals surface area contributed by atoms with Crippen molar-refractivity contribution in [3.63, 3.8) is 0 Å². The maximum Gasteiger partial charge on any atom is 0.408 e. The Morgan fingerprint density at radius 2 is 1.49 bits per heavy atom. The SMILES string of the molecule is Cc1ccc(CSC[C@H](NC(=O)OC(C)(C)C)C(=O)N[C@@H](Cc2ccccc2)C(=O)NCC(=O)NCC(=O)O)cc1. The Morgan fingerprint density at radius 1 is 0.829 bits per heavy atom. The number of aryl methyl sites for hydroxylation is 1. The second-order valence-corrected chi connectivity index (χ2v) is 11.4. The summed E-state index contributed by atoms with van der Waals surface area (Å²) in [6, 6.07) is 14.8. The predicted octanol–water partition coefficient (Wildman–Crippen LogP) is 2.17. The van der Waals surface area contributed by atoms with Gasteiger partial charge in [-0.25, -0.2) is 4.79 Å². The fourth-order valence-corrected chi connectivity index (χ4v) is 4.49. The zero-order valence-corrected chi connectivity index (χ0v) is 24.5. The van der Waals surface area contributed by atoms with Crippen LogP contribution < -0.4 is 21.3 Å². The van der Waals surface area contributed by atoms with Gasteiger partial charge < -0.3 is 31.1 Å². The van der Waals surface area contributed by atoms with E-state index in [0.29, 0.717) is 5.75 Å². The highest BCUT2D eigenvalue weighted by molar-refractivity contribution is 7.98. The number of carbonyl (C=O) groups is 5. The number of carbonyl (C=O) groups excluding carboxylic acids is 4. The second kappa shape index (κ2) is 16.3. The number of aliphatic carboxylic acids is 1. The fourth-order valence-electron chi connectivity index (χ4n) is 3.47. The molecule has 0 bridgehead atoms. The molecule has 0 fully saturated rings. The molecule has 0 aliphatic rings. The van der Waals surface area contributed by atoms with E-state index in [1.54, 1.807) is 45.0 Å². The van der Waals surface area contributed by atoms with Crippen molar-refractivity contribution in [2.75, 3.05) is 18.8 Å². The largest absolute Gasteiger partial charge is 0.480 e. The third-order valence-corrected chi connectivity index (χ3v) is 6.56. The van der Waals surface area contributed by atoms with Crippen LogP contribution in [0, 0.1) is 6.92 Å². The summed E-state index contributed by atoms with van der Waals surface area (Å²) >= 11 is 1.44. The van der Waals surface area contributed by atoms with Gasteiger partial charge in [-0.1, -0.05) is 60.2 Å². The number of rotatable bonds is 14. The van der Waals surface area contributed by atoms with Crippen molar-refractivity contribution in [1.82, 2.24) is 21.3 Å². The van der Waals surface area contributed by atoms with Crippen LogP contribution in [0.1, 0.15) is 37.5 Å². The van der Waals surface area contributed by atoms with Crippen LogP contribution in [0.2, 0.25) is 0 Å². The van der Waals surface area contributed by atoms with Gasteiger partial charge in [0.1, 0.15) is 24.2 Å². The molecule has 0 saturated carbocycles. The molecule has 0 heterocycles. The van der Waals surface area contributed by atoms with Gasteiger partial charge in [0.2, 0.25) is 17.7 Å². The molecule has 11 nitrogen and oxygen atoms in total. The van der Waals surface area contributed by atoms with Gasteiger partial charge in [-0.3, -0.25) is 19.2 Å². The van der Waals surface area contributed by atoms with Crippen LogP contribution in [-0.4, -0.2) is 71.4 Å². The number of nitrogens with one attached hydrogen (secondary N) is 4. The molecule has 0 spiro atoms. The van der Waals surface area contributed by atoms with Crippen molar-refractivity contribution in [3.05, 3.63) is 71.3 Å². The highest BCUT2D eigenvalue weighted by Crippen LogP contribution is 2.15. The molecule has 12 heteroatoms. The van der Waals surface area contributed by atoms with E-state index >= 15 is 0 Å². The Hall–Kier alpha value is -4.06. The first kappa shape index (κ1) is 33.1. The first-order valence-electron chi connectivity index (χ1n) is 13.1. The molecule has 222 valence electrons. The van der Waals surface area contributed by atoms with E-state index in [9.17, 15) is 24.0 Å². The molecule has 0 aliphatic heterocycles. The highest BCUT2D eigenvalue weighted by atomic mass is 32.2. The smallest absolute Gasteiger partial charge is 0.408 e. The number of ether oxygens (including phenoxy) is 1. The lowest BCUT2D eigenvalue weighted by Gasteiger charge is -2.25. The standard InChI is InChI=1S/C29H38N4O7S/c1-19-10-12-21(13-11-19)17-41-18-23(33-28(39)40-29(2,3)4)27(38)32-22(14-20-8-6-5-7-9-20)26(37)31-15-24(34)30-16-25(35)36/h5-13,22-23H,14-18H2,1-4H3,(H,30,34)(H,31,37)(H,32,38)(H,33,39)(H,35,36)/t22-,23-/m0/s1. The maximum atomic E-state index is 13.4. The minimum atomic E-state index is -1.22. The lowest BCUT2D eigenvalue weighted by atomic mass is 10.0. The number of alkyl carbamates (subject to hydrolysis) is 1.